The molecular formula is C16H18N2O4. The maximum atomic E-state index is 12.3. The van der Waals surface area contributed by atoms with E-state index in [-0.39, 0.29) is 25.3 Å². The number of carboxylic acids is 1. The fraction of sp³-hybridized carbons (Fsp3) is 0.375. The molecule has 22 heavy (non-hydrogen) atoms. The number of H-pyrrole nitrogens is 1. The number of rotatable bonds is 4. The number of aromatic nitrogens is 1. The van der Waals surface area contributed by atoms with E-state index in [1.807, 2.05) is 30.5 Å². The smallest absolute Gasteiger partial charge is 0.326 e. The number of benzene rings is 1. The third-order valence-corrected chi connectivity index (χ3v) is 4.17. The van der Waals surface area contributed by atoms with E-state index in [1.54, 1.807) is 0 Å². The fourth-order valence-corrected chi connectivity index (χ4v) is 3.05. The second-order valence-corrected chi connectivity index (χ2v) is 5.65. The summed E-state index contributed by atoms with van der Waals surface area (Å²) >= 11 is 0. The molecule has 116 valence electrons. The number of amides is 1. The van der Waals surface area contributed by atoms with E-state index in [0.717, 1.165) is 16.5 Å². The van der Waals surface area contributed by atoms with Gasteiger partial charge in [0.25, 0.3) is 0 Å². The number of carboxylic acid groups (broad SMARTS) is 1. The number of carbonyl (C=O) groups excluding carboxylic acids is 1. The average Bonchev–Trinajstić information content (AvgIpc) is 3.08. The maximum absolute atomic E-state index is 12.3. The number of para-hydroxylation sites is 1. The van der Waals surface area contributed by atoms with Crippen LogP contribution in [-0.2, 0) is 16.0 Å². The fourth-order valence-electron chi connectivity index (χ4n) is 3.05. The van der Waals surface area contributed by atoms with Crippen LogP contribution in [0.15, 0.2) is 30.5 Å². The largest absolute Gasteiger partial charge is 0.480 e. The Morgan fingerprint density at radius 3 is 2.86 bits per heavy atom. The quantitative estimate of drug-likeness (QED) is 0.789. The minimum absolute atomic E-state index is 0.101. The lowest BCUT2D eigenvalue weighted by Crippen LogP contribution is -2.40. The van der Waals surface area contributed by atoms with Crippen LogP contribution in [-0.4, -0.2) is 50.7 Å². The van der Waals surface area contributed by atoms with Crippen LogP contribution in [0, 0.1) is 0 Å². The number of β-amino-alcohol motifs (C(OH)–C–C–N with tert-alkyl or cyclic N) is 1. The zero-order valence-electron chi connectivity index (χ0n) is 12.0. The van der Waals surface area contributed by atoms with Crippen LogP contribution >= 0.6 is 0 Å². The monoisotopic (exact) mass is 302 g/mol. The normalized spacial score (nSPS) is 21.4. The van der Waals surface area contributed by atoms with Gasteiger partial charge in [-0.15, -0.1) is 0 Å². The third kappa shape index (κ3) is 2.69. The number of nitrogens with zero attached hydrogens (tertiary/aromatic N) is 1. The standard InChI is InChI=1S/C16H18N2O4/c19-11-7-14(16(21)22)18(9-11)15(20)6-5-10-8-17-13-4-2-1-3-12(10)13/h1-4,8,11,14,17,19H,5-7,9H2,(H,21,22)/t11-,14-/m0/s1. The number of hydrogen-bond acceptors (Lipinski definition) is 3. The van der Waals surface area contributed by atoms with Gasteiger partial charge in [0.2, 0.25) is 5.91 Å². The van der Waals surface area contributed by atoms with E-state index < -0.39 is 18.1 Å². The van der Waals surface area contributed by atoms with Crippen LogP contribution in [0.5, 0.6) is 0 Å². The number of aliphatic carboxylic acids is 1. The summed E-state index contributed by atoms with van der Waals surface area (Å²) < 4.78 is 0. The van der Waals surface area contributed by atoms with Crippen LogP contribution in [0.1, 0.15) is 18.4 Å². The lowest BCUT2D eigenvalue weighted by molar-refractivity contribution is -0.148. The van der Waals surface area contributed by atoms with Crippen molar-refractivity contribution < 1.29 is 19.8 Å². The number of nitrogens with one attached hydrogen (secondary N) is 1. The number of carbonyl (C=O) groups is 2. The predicted octanol–water partition coefficient (Wildman–Crippen LogP) is 1.15. The predicted molar refractivity (Wildman–Crippen MR) is 80.4 cm³/mol. The molecule has 1 aliphatic heterocycles. The van der Waals surface area contributed by atoms with Crippen LogP contribution in [0.2, 0.25) is 0 Å². The first-order valence-corrected chi connectivity index (χ1v) is 7.31. The number of fused-ring (bicyclic) bond motifs is 1. The van der Waals surface area contributed by atoms with E-state index in [1.165, 1.54) is 4.90 Å². The second-order valence-electron chi connectivity index (χ2n) is 5.65. The first-order valence-electron chi connectivity index (χ1n) is 7.31. The second kappa shape index (κ2) is 5.81. The first-order chi connectivity index (χ1) is 10.6. The molecule has 3 N–H and O–H groups in total. The lowest BCUT2D eigenvalue weighted by atomic mass is 10.1. The number of aliphatic hydroxyl groups is 1. The van der Waals surface area contributed by atoms with Crippen molar-refractivity contribution >= 4 is 22.8 Å². The van der Waals surface area contributed by atoms with Crippen LogP contribution in [0.25, 0.3) is 10.9 Å². The van der Waals surface area contributed by atoms with Gasteiger partial charge in [-0.3, -0.25) is 4.79 Å². The van der Waals surface area contributed by atoms with Gasteiger partial charge in [-0.2, -0.15) is 0 Å². The molecule has 0 unspecified atom stereocenters. The van der Waals surface area contributed by atoms with Crippen molar-refractivity contribution in [2.24, 2.45) is 0 Å². The summed E-state index contributed by atoms with van der Waals surface area (Å²) in [5.74, 6) is -1.29. The maximum Gasteiger partial charge on any atom is 0.326 e. The molecule has 1 saturated heterocycles. The Hall–Kier alpha value is -2.34. The van der Waals surface area contributed by atoms with E-state index in [0.29, 0.717) is 6.42 Å². The Morgan fingerprint density at radius 1 is 1.32 bits per heavy atom. The Balaban J connectivity index is 1.68. The van der Waals surface area contributed by atoms with Crippen molar-refractivity contribution in [1.29, 1.82) is 0 Å². The van der Waals surface area contributed by atoms with Crippen LogP contribution in [0.4, 0.5) is 0 Å². The van der Waals surface area contributed by atoms with Gasteiger partial charge in [0, 0.05) is 36.5 Å². The first kappa shape index (κ1) is 14.6. The summed E-state index contributed by atoms with van der Waals surface area (Å²) in [6.45, 7) is 0.101. The molecule has 0 aliphatic carbocycles. The highest BCUT2D eigenvalue weighted by Crippen LogP contribution is 2.22. The number of likely N-dealkylation sites (tertiary alicyclic amines) is 1. The number of aliphatic hydroxyl groups excluding tert-OH is 1. The summed E-state index contributed by atoms with van der Waals surface area (Å²) in [6.07, 6.45) is 2.01. The summed E-state index contributed by atoms with van der Waals surface area (Å²) in [4.78, 5) is 27.9. The highest BCUT2D eigenvalue weighted by molar-refractivity contribution is 5.86. The van der Waals surface area contributed by atoms with E-state index >= 15 is 0 Å². The Kier molecular flexibility index (Phi) is 3.85. The molecule has 6 heteroatoms. The van der Waals surface area contributed by atoms with Crippen molar-refractivity contribution in [3.05, 3.63) is 36.0 Å². The molecule has 0 spiro atoms. The van der Waals surface area contributed by atoms with Gasteiger partial charge < -0.3 is 20.1 Å². The number of aromatic amines is 1. The van der Waals surface area contributed by atoms with Crippen molar-refractivity contribution in [3.63, 3.8) is 0 Å². The molecular weight excluding hydrogens is 284 g/mol. The van der Waals surface area contributed by atoms with Crippen LogP contribution < -0.4 is 0 Å². The van der Waals surface area contributed by atoms with Gasteiger partial charge in [0.1, 0.15) is 6.04 Å². The minimum atomic E-state index is -1.06. The van der Waals surface area contributed by atoms with Gasteiger partial charge in [0.05, 0.1) is 6.10 Å². The van der Waals surface area contributed by atoms with Gasteiger partial charge in [-0.1, -0.05) is 18.2 Å². The van der Waals surface area contributed by atoms with Crippen molar-refractivity contribution in [3.8, 4) is 0 Å². The molecule has 0 radical (unpaired) electrons. The lowest BCUT2D eigenvalue weighted by Gasteiger charge is -2.21. The Labute approximate surface area is 127 Å². The molecule has 0 bridgehead atoms. The summed E-state index contributed by atoms with van der Waals surface area (Å²) in [7, 11) is 0. The SMILES string of the molecule is O=C(O)[C@@H]1C[C@H](O)CN1C(=O)CCc1c[nH]c2ccccc12. The topological polar surface area (TPSA) is 93.6 Å². The zero-order chi connectivity index (χ0) is 15.7. The highest BCUT2D eigenvalue weighted by atomic mass is 16.4. The molecule has 6 nitrogen and oxygen atoms in total. The molecule has 1 aromatic carbocycles. The minimum Gasteiger partial charge on any atom is -0.480 e. The summed E-state index contributed by atoms with van der Waals surface area (Å²) in [5, 5.41) is 19.8. The van der Waals surface area contributed by atoms with Gasteiger partial charge in [0.15, 0.2) is 0 Å². The van der Waals surface area contributed by atoms with E-state index in [2.05, 4.69) is 4.98 Å². The average molecular weight is 302 g/mol. The van der Waals surface area contributed by atoms with Gasteiger partial charge in [-0.25, -0.2) is 4.79 Å². The molecule has 2 atom stereocenters. The molecule has 2 heterocycles. The van der Waals surface area contributed by atoms with Gasteiger partial charge in [-0.05, 0) is 18.1 Å². The van der Waals surface area contributed by atoms with Crippen molar-refractivity contribution in [2.45, 2.75) is 31.4 Å². The van der Waals surface area contributed by atoms with E-state index in [4.69, 9.17) is 5.11 Å². The van der Waals surface area contributed by atoms with E-state index in [9.17, 15) is 14.7 Å². The summed E-state index contributed by atoms with van der Waals surface area (Å²) in [5.41, 5.74) is 2.06. The number of hydrogen-bond donors (Lipinski definition) is 3. The molecule has 3 rings (SSSR count). The van der Waals surface area contributed by atoms with Crippen molar-refractivity contribution in [1.82, 2.24) is 9.88 Å². The summed E-state index contributed by atoms with van der Waals surface area (Å²) in [6, 6.07) is 6.93. The van der Waals surface area contributed by atoms with Gasteiger partial charge >= 0.3 is 5.97 Å². The molecule has 0 saturated carbocycles. The molecule has 1 amide bonds. The molecule has 1 fully saturated rings. The van der Waals surface area contributed by atoms with Crippen LogP contribution in [0.3, 0.4) is 0 Å². The number of aryl methyl sites for hydroxylation is 1. The third-order valence-electron chi connectivity index (χ3n) is 4.17. The Bertz CT molecular complexity index is 709. The molecule has 2 aromatic rings. The van der Waals surface area contributed by atoms with Crippen molar-refractivity contribution in [2.75, 3.05) is 6.54 Å². The highest BCUT2D eigenvalue weighted by Gasteiger charge is 2.38. The Morgan fingerprint density at radius 2 is 2.09 bits per heavy atom. The zero-order valence-corrected chi connectivity index (χ0v) is 12.0. The molecule has 1 aromatic heterocycles. The molecule has 1 aliphatic rings.